The molecular formula is C17H29ClN4O3S. The number of carbonyl (C=O) groups excluding carboxylic acids is 1. The van der Waals surface area contributed by atoms with Gasteiger partial charge in [-0.05, 0) is 44.7 Å². The maximum absolute atomic E-state index is 12.9. The summed E-state index contributed by atoms with van der Waals surface area (Å²) in [5, 5.41) is 0. The molecule has 3 rings (SSSR count). The highest BCUT2D eigenvalue weighted by Gasteiger charge is 2.34. The van der Waals surface area contributed by atoms with Crippen molar-refractivity contribution in [3.8, 4) is 0 Å². The van der Waals surface area contributed by atoms with Crippen LogP contribution in [0, 0.1) is 5.92 Å². The maximum Gasteiger partial charge on any atom is 0.270 e. The molecule has 2 fully saturated rings. The van der Waals surface area contributed by atoms with Crippen LogP contribution in [0.5, 0.6) is 0 Å². The predicted molar refractivity (Wildman–Crippen MR) is 103 cm³/mol. The van der Waals surface area contributed by atoms with Crippen LogP contribution in [-0.4, -0.2) is 60.3 Å². The fourth-order valence-corrected chi connectivity index (χ4v) is 5.47. The van der Waals surface area contributed by atoms with E-state index < -0.39 is 10.0 Å². The number of aryl methyl sites for hydroxylation is 1. The lowest BCUT2D eigenvalue weighted by Gasteiger charge is -2.25. The molecule has 2 aliphatic heterocycles. The Morgan fingerprint density at radius 1 is 1.27 bits per heavy atom. The molecule has 0 saturated carbocycles. The van der Waals surface area contributed by atoms with Crippen molar-refractivity contribution in [2.75, 3.05) is 26.2 Å². The fraction of sp³-hybridized carbons (Fsp3) is 0.706. The number of aromatic nitrogens is 1. The van der Waals surface area contributed by atoms with E-state index in [1.807, 2.05) is 11.8 Å². The van der Waals surface area contributed by atoms with E-state index >= 15 is 0 Å². The predicted octanol–water partition coefficient (Wildman–Crippen LogP) is 1.43. The Hall–Kier alpha value is -1.09. The zero-order chi connectivity index (χ0) is 18.2. The topological polar surface area (TPSA) is 88.6 Å². The molecule has 26 heavy (non-hydrogen) atoms. The number of halogens is 1. The Morgan fingerprint density at radius 3 is 2.50 bits per heavy atom. The van der Waals surface area contributed by atoms with Gasteiger partial charge in [0.1, 0.15) is 10.6 Å². The van der Waals surface area contributed by atoms with Crippen molar-refractivity contribution in [3.05, 3.63) is 18.0 Å². The molecule has 0 aliphatic carbocycles. The Bertz CT molecular complexity index is 743. The van der Waals surface area contributed by atoms with Gasteiger partial charge in [-0.25, -0.2) is 8.42 Å². The molecule has 2 aliphatic rings. The molecule has 7 nitrogen and oxygen atoms in total. The highest BCUT2D eigenvalue weighted by Crippen LogP contribution is 2.27. The number of piperidine rings is 1. The summed E-state index contributed by atoms with van der Waals surface area (Å²) in [6, 6.07) is 1.65. The van der Waals surface area contributed by atoms with E-state index in [9.17, 15) is 13.2 Å². The molecule has 3 heterocycles. The van der Waals surface area contributed by atoms with Gasteiger partial charge in [-0.15, -0.1) is 12.4 Å². The number of hydrogen-bond acceptors (Lipinski definition) is 4. The summed E-state index contributed by atoms with van der Waals surface area (Å²) in [5.74, 6) is 0.196. The molecule has 2 N–H and O–H groups in total. The number of carbonyl (C=O) groups is 1. The molecule has 1 aromatic rings. The van der Waals surface area contributed by atoms with Gasteiger partial charge in [-0.1, -0.05) is 6.42 Å². The maximum atomic E-state index is 12.9. The summed E-state index contributed by atoms with van der Waals surface area (Å²) < 4.78 is 28.8. The van der Waals surface area contributed by atoms with Crippen LogP contribution in [0.1, 0.15) is 43.1 Å². The van der Waals surface area contributed by atoms with E-state index in [-0.39, 0.29) is 29.3 Å². The van der Waals surface area contributed by atoms with Crippen LogP contribution >= 0.6 is 12.4 Å². The molecule has 0 bridgehead atoms. The van der Waals surface area contributed by atoms with Gasteiger partial charge in [0.2, 0.25) is 10.0 Å². The fourth-order valence-electron chi connectivity index (χ4n) is 3.89. The first-order valence-corrected chi connectivity index (χ1v) is 10.5. The molecule has 1 amide bonds. The largest absolute Gasteiger partial charge is 0.345 e. The van der Waals surface area contributed by atoms with Crippen LogP contribution in [0.2, 0.25) is 0 Å². The quantitative estimate of drug-likeness (QED) is 0.822. The zero-order valence-electron chi connectivity index (χ0n) is 15.4. The van der Waals surface area contributed by atoms with E-state index in [1.165, 1.54) is 10.4 Å². The van der Waals surface area contributed by atoms with E-state index in [4.69, 9.17) is 5.73 Å². The lowest BCUT2D eigenvalue weighted by molar-refractivity contribution is 0.0734. The molecule has 0 radical (unpaired) electrons. The van der Waals surface area contributed by atoms with Gasteiger partial charge in [0, 0.05) is 38.9 Å². The van der Waals surface area contributed by atoms with Crippen molar-refractivity contribution in [1.29, 1.82) is 0 Å². The smallest absolute Gasteiger partial charge is 0.270 e. The average Bonchev–Trinajstić information content (AvgIpc) is 3.18. The van der Waals surface area contributed by atoms with Crippen molar-refractivity contribution in [2.24, 2.45) is 18.7 Å². The SMILES string of the molecule is CC1CC(CN)CN1C(=O)c1cc(S(=O)(=O)N2CCCCC2)cn1C.Cl. The number of likely N-dealkylation sites (tertiary alicyclic amines) is 1. The summed E-state index contributed by atoms with van der Waals surface area (Å²) in [7, 11) is -1.80. The second-order valence-corrected chi connectivity index (χ2v) is 9.22. The summed E-state index contributed by atoms with van der Waals surface area (Å²) >= 11 is 0. The molecule has 2 saturated heterocycles. The van der Waals surface area contributed by atoms with Crippen LogP contribution in [0.15, 0.2) is 17.2 Å². The van der Waals surface area contributed by atoms with E-state index in [1.54, 1.807) is 17.8 Å². The van der Waals surface area contributed by atoms with Gasteiger partial charge in [0.25, 0.3) is 5.91 Å². The van der Waals surface area contributed by atoms with Crippen LogP contribution in [-0.2, 0) is 17.1 Å². The molecule has 148 valence electrons. The van der Waals surface area contributed by atoms with Crippen molar-refractivity contribution < 1.29 is 13.2 Å². The molecule has 0 spiro atoms. The number of nitrogens with two attached hydrogens (primary N) is 1. The van der Waals surface area contributed by atoms with Crippen LogP contribution in [0.25, 0.3) is 0 Å². The number of hydrogen-bond donors (Lipinski definition) is 1. The van der Waals surface area contributed by atoms with E-state index in [0.717, 1.165) is 25.7 Å². The third-order valence-electron chi connectivity index (χ3n) is 5.41. The van der Waals surface area contributed by atoms with Gasteiger partial charge < -0.3 is 15.2 Å². The average molecular weight is 405 g/mol. The summed E-state index contributed by atoms with van der Waals surface area (Å²) in [6.07, 6.45) is 5.30. The lowest BCUT2D eigenvalue weighted by Crippen LogP contribution is -2.36. The summed E-state index contributed by atoms with van der Waals surface area (Å²) in [4.78, 5) is 14.9. The Kier molecular flexibility index (Phi) is 6.76. The summed E-state index contributed by atoms with van der Waals surface area (Å²) in [5.41, 5.74) is 6.16. The molecule has 1 aromatic heterocycles. The van der Waals surface area contributed by atoms with Gasteiger partial charge >= 0.3 is 0 Å². The first-order chi connectivity index (χ1) is 11.8. The normalized spacial score (nSPS) is 24.5. The Balaban J connectivity index is 0.00000243. The van der Waals surface area contributed by atoms with Crippen molar-refractivity contribution in [1.82, 2.24) is 13.8 Å². The molecule has 9 heteroatoms. The van der Waals surface area contributed by atoms with Crippen molar-refractivity contribution in [3.63, 3.8) is 0 Å². The summed E-state index contributed by atoms with van der Waals surface area (Å²) in [6.45, 7) is 4.33. The second-order valence-electron chi connectivity index (χ2n) is 7.28. The van der Waals surface area contributed by atoms with Gasteiger partial charge in [-0.3, -0.25) is 4.79 Å². The first-order valence-electron chi connectivity index (χ1n) is 9.02. The van der Waals surface area contributed by atoms with Crippen LogP contribution in [0.3, 0.4) is 0 Å². The van der Waals surface area contributed by atoms with Crippen LogP contribution in [0.4, 0.5) is 0 Å². The highest BCUT2D eigenvalue weighted by molar-refractivity contribution is 7.89. The van der Waals surface area contributed by atoms with E-state index in [2.05, 4.69) is 0 Å². The minimum absolute atomic E-state index is 0. The minimum atomic E-state index is -3.53. The Morgan fingerprint density at radius 2 is 1.92 bits per heavy atom. The monoisotopic (exact) mass is 404 g/mol. The van der Waals surface area contributed by atoms with Crippen molar-refractivity contribution >= 4 is 28.3 Å². The van der Waals surface area contributed by atoms with Gasteiger partial charge in [-0.2, -0.15) is 4.31 Å². The first kappa shape index (κ1) is 21.2. The van der Waals surface area contributed by atoms with Gasteiger partial charge in [0.05, 0.1) is 0 Å². The highest BCUT2D eigenvalue weighted by atomic mass is 35.5. The number of rotatable bonds is 4. The lowest BCUT2D eigenvalue weighted by atomic mass is 10.1. The number of nitrogens with zero attached hydrogens (tertiary/aromatic N) is 3. The third kappa shape index (κ3) is 3.93. The van der Waals surface area contributed by atoms with E-state index in [0.29, 0.717) is 37.8 Å². The Labute approximate surface area is 162 Å². The van der Waals surface area contributed by atoms with Gasteiger partial charge in [0.15, 0.2) is 0 Å². The minimum Gasteiger partial charge on any atom is -0.345 e. The standard InChI is InChI=1S/C17H28N4O3S.ClH/c1-13-8-14(10-18)11-21(13)17(22)16-9-15(12-19(16)2)25(23,24)20-6-4-3-5-7-20;/h9,12-14H,3-8,10-11,18H2,1-2H3;1H. The zero-order valence-corrected chi connectivity index (χ0v) is 17.1. The molecule has 0 aromatic carbocycles. The van der Waals surface area contributed by atoms with Crippen molar-refractivity contribution in [2.45, 2.75) is 43.5 Å². The second kappa shape index (κ2) is 8.29. The molecule has 2 unspecified atom stereocenters. The third-order valence-corrected chi connectivity index (χ3v) is 7.27. The molecule has 2 atom stereocenters. The number of amides is 1. The van der Waals surface area contributed by atoms with Crippen LogP contribution < -0.4 is 5.73 Å². The molecular weight excluding hydrogens is 376 g/mol. The number of sulfonamides is 1.